The number of methoxy groups -OCH3 is 1. The van der Waals surface area contributed by atoms with Crippen LogP contribution in [0.15, 0.2) is 18.2 Å². The minimum Gasteiger partial charge on any atom is -0.380 e. The summed E-state index contributed by atoms with van der Waals surface area (Å²) in [7, 11) is 3.59. The highest BCUT2D eigenvalue weighted by atomic mass is 16.5. The Morgan fingerprint density at radius 3 is 2.63 bits per heavy atom. The fraction of sp³-hybridized carbons (Fsp3) is 0.524. The lowest BCUT2D eigenvalue weighted by Crippen LogP contribution is -2.13. The number of ether oxygens (including phenoxy) is 1. The van der Waals surface area contributed by atoms with E-state index in [1.54, 1.807) is 7.11 Å². The molecule has 0 unspecified atom stereocenters. The van der Waals surface area contributed by atoms with Crippen molar-refractivity contribution in [1.82, 2.24) is 14.5 Å². The Bertz CT molecular complexity index is 872. The molecule has 2 heterocycles. The van der Waals surface area contributed by atoms with E-state index in [9.17, 15) is 0 Å². The van der Waals surface area contributed by atoms with Gasteiger partial charge in [-0.3, -0.25) is 0 Å². The van der Waals surface area contributed by atoms with Crippen molar-refractivity contribution in [3.63, 3.8) is 0 Å². The van der Waals surface area contributed by atoms with Gasteiger partial charge in [0.15, 0.2) is 5.82 Å². The Kier molecular flexibility index (Phi) is 8.00. The average Bonchev–Trinajstić information content (AvgIpc) is 3.06. The maximum Gasteiger partial charge on any atom is 0.154 e. The number of nitrogens with two attached hydrogens (primary N) is 1. The highest BCUT2D eigenvalue weighted by Crippen LogP contribution is 2.31. The minimum absolute atomic E-state index is 0.578. The molecule has 0 aliphatic carbocycles. The fourth-order valence-corrected chi connectivity index (χ4v) is 3.31. The van der Waals surface area contributed by atoms with E-state index < -0.39 is 0 Å². The summed E-state index contributed by atoms with van der Waals surface area (Å²) in [5, 5.41) is 4.31. The first-order chi connectivity index (χ1) is 13.2. The van der Waals surface area contributed by atoms with Gasteiger partial charge in [0, 0.05) is 39.1 Å². The first-order valence-corrected chi connectivity index (χ1v) is 9.92. The van der Waals surface area contributed by atoms with Crippen molar-refractivity contribution in [2.75, 3.05) is 26.0 Å². The topological polar surface area (TPSA) is 78.0 Å². The molecule has 0 spiro atoms. The second kappa shape index (κ2) is 10.2. The number of nitrogens with one attached hydrogen (secondary N) is 1. The van der Waals surface area contributed by atoms with Gasteiger partial charge in [-0.15, -0.1) is 0 Å². The Labute approximate surface area is 162 Å². The lowest BCUT2D eigenvalue weighted by atomic mass is 10.1. The first kappa shape index (κ1) is 21.1. The molecule has 3 aromatic rings. The standard InChI is InChI=1S/C19H27N5O.C2H6/c1-4-5-6-16-23-17-18(24(16)10-9-20)14-8-7-13(12-25-3)11-15(14)22-19(17)21-2;1-2/h7-8,11H,4-6,9-10,12,20H2,1-3H3,(H,21,22);1-2H3. The maximum atomic E-state index is 5.89. The summed E-state index contributed by atoms with van der Waals surface area (Å²) in [5.41, 5.74) is 10.00. The lowest BCUT2D eigenvalue weighted by molar-refractivity contribution is 0.185. The SMILES string of the molecule is CC.CCCCc1nc2c(NC)nc3cc(COC)ccc3c2n1CCN. The molecule has 0 amide bonds. The van der Waals surface area contributed by atoms with Gasteiger partial charge in [0.05, 0.1) is 17.6 Å². The number of hydrogen-bond acceptors (Lipinski definition) is 5. The van der Waals surface area contributed by atoms with Gasteiger partial charge < -0.3 is 20.4 Å². The summed E-state index contributed by atoms with van der Waals surface area (Å²) in [4.78, 5) is 9.69. The van der Waals surface area contributed by atoms with E-state index in [4.69, 9.17) is 20.4 Å². The highest BCUT2D eigenvalue weighted by Gasteiger charge is 2.17. The van der Waals surface area contributed by atoms with E-state index in [-0.39, 0.29) is 0 Å². The number of benzene rings is 1. The van der Waals surface area contributed by atoms with E-state index in [1.165, 1.54) is 0 Å². The molecular formula is C21H33N5O. The van der Waals surface area contributed by atoms with Crippen molar-refractivity contribution in [3.8, 4) is 0 Å². The van der Waals surface area contributed by atoms with Gasteiger partial charge in [-0.2, -0.15) is 0 Å². The first-order valence-electron chi connectivity index (χ1n) is 9.92. The second-order valence-electron chi connectivity index (χ2n) is 6.26. The van der Waals surface area contributed by atoms with Crippen LogP contribution in [-0.2, 0) is 24.3 Å². The van der Waals surface area contributed by atoms with Crippen molar-refractivity contribution >= 4 is 27.8 Å². The van der Waals surface area contributed by atoms with Crippen molar-refractivity contribution in [1.29, 1.82) is 0 Å². The smallest absolute Gasteiger partial charge is 0.154 e. The van der Waals surface area contributed by atoms with E-state index in [1.807, 2.05) is 20.9 Å². The number of aryl methyl sites for hydroxylation is 1. The zero-order valence-electron chi connectivity index (χ0n) is 17.3. The second-order valence-corrected chi connectivity index (χ2v) is 6.26. The van der Waals surface area contributed by atoms with Crippen molar-refractivity contribution in [2.45, 2.75) is 53.2 Å². The summed E-state index contributed by atoms with van der Waals surface area (Å²) in [6, 6.07) is 6.30. The van der Waals surface area contributed by atoms with Crippen LogP contribution in [0, 0.1) is 0 Å². The summed E-state index contributed by atoms with van der Waals surface area (Å²) in [6.45, 7) is 8.13. The number of nitrogens with zero attached hydrogens (tertiary/aromatic N) is 3. The van der Waals surface area contributed by atoms with Gasteiger partial charge >= 0.3 is 0 Å². The molecule has 6 nitrogen and oxygen atoms in total. The Hall–Kier alpha value is -2.18. The third kappa shape index (κ3) is 4.39. The summed E-state index contributed by atoms with van der Waals surface area (Å²) >= 11 is 0. The molecule has 1 aromatic carbocycles. The number of fused-ring (bicyclic) bond motifs is 3. The molecular weight excluding hydrogens is 338 g/mol. The predicted octanol–water partition coefficient (Wildman–Crippen LogP) is 4.10. The van der Waals surface area contributed by atoms with Crippen LogP contribution in [0.3, 0.4) is 0 Å². The van der Waals surface area contributed by atoms with Crippen molar-refractivity contribution in [2.24, 2.45) is 5.73 Å². The molecule has 0 bridgehead atoms. The van der Waals surface area contributed by atoms with Gasteiger partial charge in [-0.25, -0.2) is 9.97 Å². The van der Waals surface area contributed by atoms with Gasteiger partial charge in [-0.05, 0) is 18.1 Å². The number of hydrogen-bond donors (Lipinski definition) is 2. The Morgan fingerprint density at radius 2 is 2.00 bits per heavy atom. The molecule has 0 radical (unpaired) electrons. The highest BCUT2D eigenvalue weighted by molar-refractivity contribution is 6.07. The molecule has 0 fully saturated rings. The maximum absolute atomic E-state index is 5.89. The van der Waals surface area contributed by atoms with E-state index in [0.717, 1.165) is 64.9 Å². The van der Waals surface area contributed by atoms with Crippen LogP contribution >= 0.6 is 0 Å². The third-order valence-corrected chi connectivity index (χ3v) is 4.47. The molecule has 148 valence electrons. The fourth-order valence-electron chi connectivity index (χ4n) is 3.31. The molecule has 0 saturated heterocycles. The number of unbranched alkanes of at least 4 members (excludes halogenated alkanes) is 1. The van der Waals surface area contributed by atoms with Gasteiger partial charge in [0.2, 0.25) is 0 Å². The monoisotopic (exact) mass is 371 g/mol. The van der Waals surface area contributed by atoms with Crippen LogP contribution in [0.2, 0.25) is 0 Å². The van der Waals surface area contributed by atoms with Gasteiger partial charge in [-0.1, -0.05) is 39.3 Å². The molecule has 6 heteroatoms. The number of pyridine rings is 1. The lowest BCUT2D eigenvalue weighted by Gasteiger charge is -2.11. The molecule has 3 rings (SSSR count). The molecule has 27 heavy (non-hydrogen) atoms. The van der Waals surface area contributed by atoms with E-state index in [0.29, 0.717) is 13.2 Å². The number of anilines is 1. The molecule has 0 aliphatic rings. The van der Waals surface area contributed by atoms with Gasteiger partial charge in [0.1, 0.15) is 11.3 Å². The van der Waals surface area contributed by atoms with Crippen LogP contribution in [0.25, 0.3) is 21.9 Å². The molecule has 3 N–H and O–H groups in total. The van der Waals surface area contributed by atoms with Gasteiger partial charge in [0.25, 0.3) is 0 Å². The van der Waals surface area contributed by atoms with E-state index >= 15 is 0 Å². The van der Waals surface area contributed by atoms with E-state index in [2.05, 4.69) is 35.0 Å². The van der Waals surface area contributed by atoms with Crippen LogP contribution < -0.4 is 11.1 Å². The average molecular weight is 372 g/mol. The Morgan fingerprint density at radius 1 is 1.22 bits per heavy atom. The van der Waals surface area contributed by atoms with Crippen molar-refractivity contribution in [3.05, 3.63) is 29.6 Å². The number of rotatable bonds is 8. The summed E-state index contributed by atoms with van der Waals surface area (Å²) in [6.07, 6.45) is 3.22. The predicted molar refractivity (Wildman–Crippen MR) is 114 cm³/mol. The van der Waals surface area contributed by atoms with Crippen LogP contribution in [0.5, 0.6) is 0 Å². The zero-order valence-corrected chi connectivity index (χ0v) is 17.3. The normalized spacial score (nSPS) is 10.9. The summed E-state index contributed by atoms with van der Waals surface area (Å²) in [5.74, 6) is 1.90. The quantitative estimate of drug-likeness (QED) is 0.623. The Balaban J connectivity index is 0.00000126. The van der Waals surface area contributed by atoms with Crippen LogP contribution in [-0.4, -0.2) is 35.2 Å². The third-order valence-electron chi connectivity index (χ3n) is 4.47. The zero-order chi connectivity index (χ0) is 19.8. The summed E-state index contributed by atoms with van der Waals surface area (Å²) < 4.78 is 7.52. The molecule has 2 aromatic heterocycles. The molecule has 0 atom stereocenters. The van der Waals surface area contributed by atoms with Crippen LogP contribution in [0.1, 0.15) is 45.0 Å². The van der Waals surface area contributed by atoms with Crippen molar-refractivity contribution < 1.29 is 4.74 Å². The molecule has 0 saturated carbocycles. The largest absolute Gasteiger partial charge is 0.380 e. The van der Waals surface area contributed by atoms with Crippen LogP contribution in [0.4, 0.5) is 5.82 Å². The number of aromatic nitrogens is 3. The number of imidazole rings is 1. The minimum atomic E-state index is 0.578. The molecule has 0 aliphatic heterocycles.